The highest BCUT2D eigenvalue weighted by Gasteiger charge is 1.98. The summed E-state index contributed by atoms with van der Waals surface area (Å²) in [5.41, 5.74) is 0. The molecule has 2 N–H and O–H groups in total. The van der Waals surface area contributed by atoms with E-state index in [4.69, 9.17) is 4.74 Å². The normalized spacial score (nSPS) is 11.6. The average Bonchev–Trinajstić information content (AvgIpc) is 2.96. The summed E-state index contributed by atoms with van der Waals surface area (Å²) in [5, 5.41) is 8.78. The molecule has 0 radical (unpaired) electrons. The SMILES string of the molecule is CCNC(=NCCCCCOC)NCCc1cccs1. The lowest BCUT2D eigenvalue weighted by atomic mass is 10.2. The van der Waals surface area contributed by atoms with Crippen molar-refractivity contribution in [3.63, 3.8) is 0 Å². The van der Waals surface area contributed by atoms with Gasteiger partial charge in [-0.2, -0.15) is 0 Å². The molecule has 0 unspecified atom stereocenters. The summed E-state index contributed by atoms with van der Waals surface area (Å²) < 4.78 is 5.04. The number of hydrogen-bond donors (Lipinski definition) is 2. The lowest BCUT2D eigenvalue weighted by molar-refractivity contribution is 0.192. The molecule has 1 aromatic heterocycles. The number of thiophene rings is 1. The molecule has 20 heavy (non-hydrogen) atoms. The molecule has 114 valence electrons. The Morgan fingerprint density at radius 1 is 1.30 bits per heavy atom. The van der Waals surface area contributed by atoms with E-state index in [0.717, 1.165) is 51.5 Å². The minimum Gasteiger partial charge on any atom is -0.385 e. The van der Waals surface area contributed by atoms with Crippen LogP contribution in [-0.2, 0) is 11.2 Å². The van der Waals surface area contributed by atoms with Crippen molar-refractivity contribution in [2.75, 3.05) is 33.4 Å². The van der Waals surface area contributed by atoms with E-state index in [1.807, 2.05) is 0 Å². The molecule has 0 saturated heterocycles. The van der Waals surface area contributed by atoms with Gasteiger partial charge in [0.15, 0.2) is 5.96 Å². The van der Waals surface area contributed by atoms with Crippen LogP contribution in [0.3, 0.4) is 0 Å². The van der Waals surface area contributed by atoms with Crippen LogP contribution in [-0.4, -0.2) is 39.3 Å². The molecule has 1 aromatic rings. The lowest BCUT2D eigenvalue weighted by Crippen LogP contribution is -2.38. The van der Waals surface area contributed by atoms with Gasteiger partial charge in [0, 0.05) is 38.2 Å². The number of hydrogen-bond acceptors (Lipinski definition) is 3. The van der Waals surface area contributed by atoms with Gasteiger partial charge in [0.1, 0.15) is 0 Å². The van der Waals surface area contributed by atoms with Crippen LogP contribution in [0.15, 0.2) is 22.5 Å². The molecule has 0 aromatic carbocycles. The highest BCUT2D eigenvalue weighted by molar-refractivity contribution is 7.09. The van der Waals surface area contributed by atoms with Gasteiger partial charge in [0.2, 0.25) is 0 Å². The zero-order valence-electron chi connectivity index (χ0n) is 12.7. The van der Waals surface area contributed by atoms with E-state index in [-0.39, 0.29) is 0 Å². The number of unbranched alkanes of at least 4 members (excludes halogenated alkanes) is 2. The highest BCUT2D eigenvalue weighted by Crippen LogP contribution is 2.07. The molecule has 0 aliphatic rings. The van der Waals surface area contributed by atoms with Crippen molar-refractivity contribution in [1.82, 2.24) is 10.6 Å². The molecule has 0 aliphatic carbocycles. The van der Waals surface area contributed by atoms with Gasteiger partial charge < -0.3 is 15.4 Å². The van der Waals surface area contributed by atoms with Gasteiger partial charge in [-0.05, 0) is 44.1 Å². The Bertz CT molecular complexity index is 352. The van der Waals surface area contributed by atoms with E-state index in [0.29, 0.717) is 0 Å². The van der Waals surface area contributed by atoms with Crippen LogP contribution in [0.2, 0.25) is 0 Å². The molecule has 0 spiro atoms. The Labute approximate surface area is 126 Å². The molecule has 0 bridgehead atoms. The van der Waals surface area contributed by atoms with Crippen LogP contribution in [0.25, 0.3) is 0 Å². The molecule has 0 saturated carbocycles. The third-order valence-corrected chi connectivity index (χ3v) is 3.80. The minimum absolute atomic E-state index is 0.850. The van der Waals surface area contributed by atoms with Crippen LogP contribution in [0.1, 0.15) is 31.1 Å². The minimum atomic E-state index is 0.850. The fraction of sp³-hybridized carbons (Fsp3) is 0.667. The second-order valence-corrected chi connectivity index (χ2v) is 5.60. The number of methoxy groups -OCH3 is 1. The summed E-state index contributed by atoms with van der Waals surface area (Å²) in [4.78, 5) is 6.00. The fourth-order valence-corrected chi connectivity index (χ4v) is 2.54. The highest BCUT2D eigenvalue weighted by atomic mass is 32.1. The van der Waals surface area contributed by atoms with E-state index >= 15 is 0 Å². The van der Waals surface area contributed by atoms with Crippen molar-refractivity contribution >= 4 is 17.3 Å². The molecular weight excluding hydrogens is 270 g/mol. The molecule has 4 nitrogen and oxygen atoms in total. The molecule has 1 rings (SSSR count). The van der Waals surface area contributed by atoms with Gasteiger partial charge in [0.25, 0.3) is 0 Å². The number of guanidine groups is 1. The summed E-state index contributed by atoms with van der Waals surface area (Å²) >= 11 is 1.80. The summed E-state index contributed by atoms with van der Waals surface area (Å²) in [6.07, 6.45) is 4.46. The van der Waals surface area contributed by atoms with E-state index < -0.39 is 0 Å². The van der Waals surface area contributed by atoms with E-state index in [1.165, 1.54) is 11.3 Å². The van der Waals surface area contributed by atoms with Crippen LogP contribution < -0.4 is 10.6 Å². The number of ether oxygens (including phenoxy) is 1. The molecular formula is C15H27N3OS. The van der Waals surface area contributed by atoms with Crippen molar-refractivity contribution < 1.29 is 4.74 Å². The predicted molar refractivity (Wildman–Crippen MR) is 87.7 cm³/mol. The lowest BCUT2D eigenvalue weighted by Gasteiger charge is -2.10. The summed E-state index contributed by atoms with van der Waals surface area (Å²) in [5.74, 6) is 0.927. The summed E-state index contributed by atoms with van der Waals surface area (Å²) in [6.45, 7) is 5.64. The topological polar surface area (TPSA) is 45.7 Å². The zero-order chi connectivity index (χ0) is 14.5. The van der Waals surface area contributed by atoms with E-state index in [9.17, 15) is 0 Å². The standard InChI is InChI=1S/C15H27N3OS/c1-3-16-15(17-10-5-4-6-12-19-2)18-11-9-14-8-7-13-20-14/h7-8,13H,3-6,9-12H2,1-2H3,(H2,16,17,18). The van der Waals surface area contributed by atoms with Gasteiger partial charge in [-0.1, -0.05) is 6.07 Å². The first kappa shape index (κ1) is 17.0. The van der Waals surface area contributed by atoms with E-state index in [2.05, 4.69) is 40.1 Å². The van der Waals surface area contributed by atoms with Crippen molar-refractivity contribution in [3.05, 3.63) is 22.4 Å². The maximum absolute atomic E-state index is 5.04. The monoisotopic (exact) mass is 297 g/mol. The quantitative estimate of drug-likeness (QED) is 0.396. The molecule has 0 aliphatic heterocycles. The number of rotatable bonds is 10. The van der Waals surface area contributed by atoms with Crippen molar-refractivity contribution in [1.29, 1.82) is 0 Å². The van der Waals surface area contributed by atoms with Crippen LogP contribution >= 0.6 is 11.3 Å². The molecule has 0 amide bonds. The third kappa shape index (κ3) is 8.17. The summed E-state index contributed by atoms with van der Waals surface area (Å²) in [7, 11) is 1.75. The molecule has 5 heteroatoms. The second-order valence-electron chi connectivity index (χ2n) is 4.57. The number of nitrogens with one attached hydrogen (secondary N) is 2. The van der Waals surface area contributed by atoms with Crippen LogP contribution in [0, 0.1) is 0 Å². The van der Waals surface area contributed by atoms with Gasteiger partial charge in [-0.15, -0.1) is 11.3 Å². The molecule has 0 fully saturated rings. The maximum Gasteiger partial charge on any atom is 0.191 e. The number of aliphatic imine (C=N–C) groups is 1. The Morgan fingerprint density at radius 2 is 2.20 bits per heavy atom. The van der Waals surface area contributed by atoms with Gasteiger partial charge in [-0.3, -0.25) is 4.99 Å². The van der Waals surface area contributed by atoms with Gasteiger partial charge in [0.05, 0.1) is 0 Å². The van der Waals surface area contributed by atoms with Crippen molar-refractivity contribution in [2.24, 2.45) is 4.99 Å². The Balaban J connectivity index is 2.17. The zero-order valence-corrected chi connectivity index (χ0v) is 13.5. The largest absolute Gasteiger partial charge is 0.385 e. The first-order valence-corrected chi connectivity index (χ1v) is 8.28. The van der Waals surface area contributed by atoms with Gasteiger partial charge >= 0.3 is 0 Å². The smallest absolute Gasteiger partial charge is 0.191 e. The van der Waals surface area contributed by atoms with Crippen LogP contribution in [0.4, 0.5) is 0 Å². The van der Waals surface area contributed by atoms with Crippen molar-refractivity contribution in [2.45, 2.75) is 32.6 Å². The van der Waals surface area contributed by atoms with Crippen LogP contribution in [0.5, 0.6) is 0 Å². The molecule has 1 heterocycles. The first-order chi connectivity index (χ1) is 9.86. The Kier molecular flexibility index (Phi) is 9.96. The number of nitrogens with zero attached hydrogens (tertiary/aromatic N) is 1. The fourth-order valence-electron chi connectivity index (χ4n) is 1.83. The Hall–Kier alpha value is -1.07. The third-order valence-electron chi connectivity index (χ3n) is 2.86. The first-order valence-electron chi connectivity index (χ1n) is 7.40. The van der Waals surface area contributed by atoms with Gasteiger partial charge in [-0.25, -0.2) is 0 Å². The summed E-state index contributed by atoms with van der Waals surface area (Å²) in [6, 6.07) is 4.27. The van der Waals surface area contributed by atoms with Crippen molar-refractivity contribution in [3.8, 4) is 0 Å². The predicted octanol–water partition coefficient (Wildman–Crippen LogP) is 2.66. The maximum atomic E-state index is 5.04. The second kappa shape index (κ2) is 11.7. The van der Waals surface area contributed by atoms with E-state index in [1.54, 1.807) is 18.4 Å². The molecule has 0 atom stereocenters. The Morgan fingerprint density at radius 3 is 2.90 bits per heavy atom. The average molecular weight is 297 g/mol.